The molecule has 0 bridgehead atoms. The molecule has 0 spiro atoms. The van der Waals surface area contributed by atoms with Gasteiger partial charge in [0.15, 0.2) is 0 Å². The van der Waals surface area contributed by atoms with Crippen molar-refractivity contribution in [3.8, 4) is 0 Å². The van der Waals surface area contributed by atoms with Crippen molar-refractivity contribution < 1.29 is 14.6 Å². The van der Waals surface area contributed by atoms with E-state index in [1.165, 1.54) is 0 Å². The van der Waals surface area contributed by atoms with Gasteiger partial charge < -0.3 is 15.2 Å². The van der Waals surface area contributed by atoms with Crippen LogP contribution in [-0.2, 0) is 10.3 Å². The largest absolute Gasteiger partial charge is 0.444 e. The number of halogens is 1. The summed E-state index contributed by atoms with van der Waals surface area (Å²) < 4.78 is 5.41. The summed E-state index contributed by atoms with van der Waals surface area (Å²) in [7, 11) is 0. The smallest absolute Gasteiger partial charge is 0.408 e. The number of ether oxygens (including phenoxy) is 1. The number of hydrogen-bond donors (Lipinski definition) is 2. The van der Waals surface area contributed by atoms with Gasteiger partial charge in [-0.25, -0.2) is 4.79 Å². The van der Waals surface area contributed by atoms with Crippen molar-refractivity contribution in [2.45, 2.75) is 51.9 Å². The molecule has 0 saturated carbocycles. The van der Waals surface area contributed by atoms with Gasteiger partial charge in [-0.15, -0.1) is 0 Å². The molecule has 2 aromatic rings. The van der Waals surface area contributed by atoms with Crippen LogP contribution in [0.2, 0.25) is 5.02 Å². The molecule has 0 saturated heterocycles. The molecule has 0 heterocycles. The molecule has 2 aromatic carbocycles. The zero-order chi connectivity index (χ0) is 19.5. The molecule has 0 fully saturated rings. The maximum absolute atomic E-state index is 12.4. The summed E-state index contributed by atoms with van der Waals surface area (Å²) in [6, 6.07) is 14.4. The predicted molar refractivity (Wildman–Crippen MR) is 104 cm³/mol. The second kappa shape index (κ2) is 7.68. The molecule has 1 amide bonds. The highest BCUT2D eigenvalue weighted by Gasteiger charge is 2.23. The molecule has 2 N–H and O–H groups in total. The fourth-order valence-corrected chi connectivity index (χ4v) is 2.66. The van der Waals surface area contributed by atoms with Crippen molar-refractivity contribution in [2.75, 3.05) is 0 Å². The Morgan fingerprint density at radius 1 is 1.04 bits per heavy atom. The Hall–Kier alpha value is -2.04. The van der Waals surface area contributed by atoms with E-state index < -0.39 is 23.3 Å². The van der Waals surface area contributed by atoms with E-state index in [0.29, 0.717) is 5.02 Å². The second-order valence-electron chi connectivity index (χ2n) is 7.82. The van der Waals surface area contributed by atoms with E-state index in [1.54, 1.807) is 26.0 Å². The number of carbonyl (C=O) groups excluding carboxylic acids is 1. The fourth-order valence-electron chi connectivity index (χ4n) is 2.54. The summed E-state index contributed by atoms with van der Waals surface area (Å²) in [6.07, 6.45) is -0.508. The first-order valence-corrected chi connectivity index (χ1v) is 8.91. The zero-order valence-electron chi connectivity index (χ0n) is 15.8. The lowest BCUT2D eigenvalue weighted by molar-refractivity contribution is 0.0512. The van der Waals surface area contributed by atoms with Gasteiger partial charge in [-0.1, -0.05) is 48.0 Å². The van der Waals surface area contributed by atoms with E-state index in [0.717, 1.165) is 16.7 Å². The quantitative estimate of drug-likeness (QED) is 0.773. The molecule has 2 rings (SSSR count). The number of carbonyl (C=O) groups is 1. The van der Waals surface area contributed by atoms with Gasteiger partial charge in [0, 0.05) is 5.02 Å². The molecule has 140 valence electrons. The summed E-state index contributed by atoms with van der Waals surface area (Å²) in [6.45, 7) is 8.91. The maximum Gasteiger partial charge on any atom is 0.408 e. The Bertz CT molecular complexity index is 758. The Morgan fingerprint density at radius 3 is 2.19 bits per heavy atom. The monoisotopic (exact) mass is 375 g/mol. The van der Waals surface area contributed by atoms with Gasteiger partial charge in [-0.2, -0.15) is 0 Å². The third-order valence-corrected chi connectivity index (χ3v) is 4.04. The normalized spacial score (nSPS) is 13.2. The lowest BCUT2D eigenvalue weighted by atomic mass is 9.92. The summed E-state index contributed by atoms with van der Waals surface area (Å²) >= 11 is 6.00. The SMILES string of the molecule is CC(C)(C)OC(=O)NC(c1ccc(Cl)cc1)c1cccc(C(C)(C)O)c1. The van der Waals surface area contributed by atoms with Crippen LogP contribution in [0.5, 0.6) is 0 Å². The van der Waals surface area contributed by atoms with Gasteiger partial charge in [-0.3, -0.25) is 0 Å². The Morgan fingerprint density at radius 2 is 1.65 bits per heavy atom. The summed E-state index contributed by atoms with van der Waals surface area (Å²) in [5.74, 6) is 0. The fraction of sp³-hybridized carbons (Fsp3) is 0.381. The van der Waals surface area contributed by atoms with E-state index in [4.69, 9.17) is 16.3 Å². The van der Waals surface area contributed by atoms with Crippen molar-refractivity contribution in [1.82, 2.24) is 5.32 Å². The van der Waals surface area contributed by atoms with E-state index in [2.05, 4.69) is 5.32 Å². The standard InChI is InChI=1S/C21H26ClNO3/c1-20(2,3)26-19(24)23-18(14-9-11-17(22)12-10-14)15-7-6-8-16(13-15)21(4,5)25/h6-13,18,25H,1-5H3,(H,23,24). The highest BCUT2D eigenvalue weighted by molar-refractivity contribution is 6.30. The van der Waals surface area contributed by atoms with Crippen molar-refractivity contribution in [3.05, 3.63) is 70.2 Å². The van der Waals surface area contributed by atoms with Gasteiger partial charge in [0.05, 0.1) is 11.6 Å². The maximum atomic E-state index is 12.4. The number of aliphatic hydroxyl groups is 1. The summed E-state index contributed by atoms with van der Waals surface area (Å²) in [4.78, 5) is 12.4. The van der Waals surface area contributed by atoms with Gasteiger partial charge in [0.2, 0.25) is 0 Å². The molecule has 0 aromatic heterocycles. The van der Waals surface area contributed by atoms with Gasteiger partial charge in [0.25, 0.3) is 0 Å². The lowest BCUT2D eigenvalue weighted by Gasteiger charge is -2.25. The molecular weight excluding hydrogens is 350 g/mol. The van der Waals surface area contributed by atoms with Gasteiger partial charge >= 0.3 is 6.09 Å². The average molecular weight is 376 g/mol. The van der Waals surface area contributed by atoms with Crippen molar-refractivity contribution in [3.63, 3.8) is 0 Å². The molecule has 26 heavy (non-hydrogen) atoms. The molecular formula is C21H26ClNO3. The molecule has 0 radical (unpaired) electrons. The first-order valence-electron chi connectivity index (χ1n) is 8.53. The molecule has 0 aliphatic heterocycles. The number of nitrogens with one attached hydrogen (secondary N) is 1. The number of hydrogen-bond acceptors (Lipinski definition) is 3. The van der Waals surface area contributed by atoms with Crippen LogP contribution in [0.15, 0.2) is 48.5 Å². The highest BCUT2D eigenvalue weighted by atomic mass is 35.5. The van der Waals surface area contributed by atoms with Crippen molar-refractivity contribution in [2.24, 2.45) is 0 Å². The number of amides is 1. The van der Waals surface area contributed by atoms with Crippen LogP contribution in [0.4, 0.5) is 4.79 Å². The van der Waals surface area contributed by atoms with E-state index >= 15 is 0 Å². The minimum Gasteiger partial charge on any atom is -0.444 e. The van der Waals surface area contributed by atoms with Crippen LogP contribution in [0.25, 0.3) is 0 Å². The third kappa shape index (κ3) is 5.75. The topological polar surface area (TPSA) is 58.6 Å². The van der Waals surface area contributed by atoms with Crippen LogP contribution in [0.1, 0.15) is 57.4 Å². The average Bonchev–Trinajstić information content (AvgIpc) is 2.51. The molecule has 4 nitrogen and oxygen atoms in total. The third-order valence-electron chi connectivity index (χ3n) is 3.79. The first-order chi connectivity index (χ1) is 12.0. The molecule has 1 unspecified atom stereocenters. The van der Waals surface area contributed by atoms with Crippen molar-refractivity contribution in [1.29, 1.82) is 0 Å². The number of benzene rings is 2. The molecule has 5 heteroatoms. The van der Waals surface area contributed by atoms with Crippen LogP contribution < -0.4 is 5.32 Å². The predicted octanol–water partition coefficient (Wildman–Crippen LogP) is 5.18. The molecule has 0 aliphatic carbocycles. The number of alkyl carbamates (subject to hydrolysis) is 1. The van der Waals surface area contributed by atoms with Gasteiger partial charge in [-0.05, 0) is 63.4 Å². The second-order valence-corrected chi connectivity index (χ2v) is 8.25. The minimum absolute atomic E-state index is 0.426. The van der Waals surface area contributed by atoms with Crippen LogP contribution in [0.3, 0.4) is 0 Å². The van der Waals surface area contributed by atoms with Crippen molar-refractivity contribution >= 4 is 17.7 Å². The minimum atomic E-state index is -0.980. The summed E-state index contributed by atoms with van der Waals surface area (Å²) in [5, 5.41) is 13.8. The highest BCUT2D eigenvalue weighted by Crippen LogP contribution is 2.28. The Labute approximate surface area is 160 Å². The van der Waals surface area contributed by atoms with Crippen LogP contribution >= 0.6 is 11.6 Å². The number of rotatable bonds is 4. The van der Waals surface area contributed by atoms with E-state index in [-0.39, 0.29) is 0 Å². The zero-order valence-corrected chi connectivity index (χ0v) is 16.6. The lowest BCUT2D eigenvalue weighted by Crippen LogP contribution is -2.35. The summed E-state index contributed by atoms with van der Waals surface area (Å²) in [5.41, 5.74) is 0.904. The molecule has 0 aliphatic rings. The van der Waals surface area contributed by atoms with E-state index in [9.17, 15) is 9.90 Å². The molecule has 1 atom stereocenters. The Balaban J connectivity index is 2.41. The van der Waals surface area contributed by atoms with Crippen LogP contribution in [0, 0.1) is 0 Å². The van der Waals surface area contributed by atoms with E-state index in [1.807, 2.05) is 57.2 Å². The van der Waals surface area contributed by atoms with Crippen LogP contribution in [-0.4, -0.2) is 16.8 Å². The first kappa shape index (κ1) is 20.3. The Kier molecular flexibility index (Phi) is 5.99. The van der Waals surface area contributed by atoms with Gasteiger partial charge in [0.1, 0.15) is 5.60 Å².